The predicted octanol–water partition coefficient (Wildman–Crippen LogP) is 0.296. The summed E-state index contributed by atoms with van der Waals surface area (Å²) in [6.07, 6.45) is 3.02. The Hall–Kier alpha value is -0.400. The molecule has 0 unspecified atom stereocenters. The highest BCUT2D eigenvalue weighted by Gasteiger charge is 2.47. The molecular formula is C12H19NO4S. The third-order valence-corrected chi connectivity index (χ3v) is 4.36. The number of hydrogen-bond donors (Lipinski definition) is 3. The maximum atomic E-state index is 9.96. The molecule has 102 valence electrons. The Morgan fingerprint density at radius 1 is 1.39 bits per heavy atom. The van der Waals surface area contributed by atoms with Gasteiger partial charge in [-0.3, -0.25) is 4.99 Å². The summed E-state index contributed by atoms with van der Waals surface area (Å²) >= 11 is 1.48. The third-order valence-electron chi connectivity index (χ3n) is 3.15. The summed E-state index contributed by atoms with van der Waals surface area (Å²) in [6.45, 7) is 1.67. The van der Waals surface area contributed by atoms with Crippen LogP contribution in [0, 0.1) is 0 Å². The molecule has 2 aliphatic heterocycles. The van der Waals surface area contributed by atoms with Crippen LogP contribution in [0.2, 0.25) is 0 Å². The summed E-state index contributed by atoms with van der Waals surface area (Å²) in [5.74, 6) is 0. The fourth-order valence-corrected chi connectivity index (χ4v) is 3.38. The van der Waals surface area contributed by atoms with Gasteiger partial charge in [-0.15, -0.1) is 0 Å². The van der Waals surface area contributed by atoms with Crippen LogP contribution in [-0.2, 0) is 4.74 Å². The van der Waals surface area contributed by atoms with Gasteiger partial charge < -0.3 is 20.1 Å². The number of fused-ring (bicyclic) bond motifs is 1. The average Bonchev–Trinajstić information content (AvgIpc) is 2.77. The van der Waals surface area contributed by atoms with E-state index in [4.69, 9.17) is 9.84 Å². The minimum absolute atomic E-state index is 0.291. The normalized spacial score (nSPS) is 40.0. The van der Waals surface area contributed by atoms with E-state index < -0.39 is 24.4 Å². The summed E-state index contributed by atoms with van der Waals surface area (Å²) in [5, 5.41) is 29.7. The van der Waals surface area contributed by atoms with Crippen LogP contribution in [0.5, 0.6) is 0 Å². The molecule has 6 heteroatoms. The molecule has 18 heavy (non-hydrogen) atoms. The number of rotatable bonds is 4. The van der Waals surface area contributed by atoms with Crippen LogP contribution in [-0.4, -0.2) is 56.8 Å². The van der Waals surface area contributed by atoms with E-state index >= 15 is 0 Å². The minimum Gasteiger partial charge on any atom is -0.394 e. The van der Waals surface area contributed by atoms with E-state index in [1.54, 1.807) is 0 Å². The first-order chi connectivity index (χ1) is 8.67. The van der Waals surface area contributed by atoms with Gasteiger partial charge in [0.1, 0.15) is 29.8 Å². The van der Waals surface area contributed by atoms with Gasteiger partial charge in [-0.1, -0.05) is 23.9 Å². The molecule has 0 bridgehead atoms. The van der Waals surface area contributed by atoms with Crippen LogP contribution >= 0.6 is 11.8 Å². The van der Waals surface area contributed by atoms with Gasteiger partial charge in [0.25, 0.3) is 0 Å². The summed E-state index contributed by atoms with van der Waals surface area (Å²) in [5.41, 5.74) is -0.291. The third kappa shape index (κ3) is 2.78. The molecule has 0 aromatic heterocycles. The Labute approximate surface area is 111 Å². The molecule has 0 spiro atoms. The van der Waals surface area contributed by atoms with Gasteiger partial charge in [-0.25, -0.2) is 0 Å². The van der Waals surface area contributed by atoms with Gasteiger partial charge in [0.2, 0.25) is 0 Å². The van der Waals surface area contributed by atoms with Gasteiger partial charge in [-0.2, -0.15) is 0 Å². The highest BCUT2D eigenvalue weighted by Crippen LogP contribution is 2.37. The Bertz CT molecular complexity index is 347. The topological polar surface area (TPSA) is 82.3 Å². The Morgan fingerprint density at radius 2 is 2.17 bits per heavy atom. The molecule has 0 aromatic rings. The molecule has 0 radical (unpaired) electrons. The lowest BCUT2D eigenvalue weighted by atomic mass is 9.99. The van der Waals surface area contributed by atoms with E-state index in [1.807, 2.05) is 13.0 Å². The molecule has 5 atom stereocenters. The molecule has 0 aromatic carbocycles. The van der Waals surface area contributed by atoms with Crippen LogP contribution in [0.15, 0.2) is 17.1 Å². The molecule has 0 saturated carbocycles. The van der Waals surface area contributed by atoms with Gasteiger partial charge in [-0.05, 0) is 19.8 Å². The smallest absolute Gasteiger partial charge is 0.134 e. The highest BCUT2D eigenvalue weighted by molar-refractivity contribution is 8.14. The second-order valence-corrected chi connectivity index (χ2v) is 5.62. The van der Waals surface area contributed by atoms with Crippen molar-refractivity contribution < 1.29 is 20.1 Å². The molecule has 3 N–H and O–H groups in total. The molecular weight excluding hydrogens is 254 g/mol. The van der Waals surface area contributed by atoms with Gasteiger partial charge in [0.15, 0.2) is 0 Å². The number of aliphatic hydroxyl groups is 3. The Kier molecular flexibility index (Phi) is 4.80. The first-order valence-corrected chi connectivity index (χ1v) is 7.02. The summed E-state index contributed by atoms with van der Waals surface area (Å²) in [7, 11) is 0. The van der Waals surface area contributed by atoms with E-state index in [9.17, 15) is 10.2 Å². The average molecular weight is 273 g/mol. The first-order valence-electron chi connectivity index (χ1n) is 6.14. The van der Waals surface area contributed by atoms with Crippen molar-refractivity contribution in [2.24, 2.45) is 4.99 Å². The fraction of sp³-hybridized carbons (Fsp3) is 0.750. The summed E-state index contributed by atoms with van der Waals surface area (Å²) < 4.78 is 5.55. The number of thioether (sulfide) groups is 1. The second-order valence-electron chi connectivity index (χ2n) is 4.45. The van der Waals surface area contributed by atoms with Crippen LogP contribution < -0.4 is 0 Å². The second kappa shape index (κ2) is 6.16. The van der Waals surface area contributed by atoms with Crippen molar-refractivity contribution in [2.45, 2.75) is 49.6 Å². The molecule has 0 aliphatic carbocycles. The molecule has 1 fully saturated rings. The van der Waals surface area contributed by atoms with Crippen LogP contribution in [0.4, 0.5) is 0 Å². The van der Waals surface area contributed by atoms with E-state index in [0.717, 1.165) is 17.9 Å². The predicted molar refractivity (Wildman–Crippen MR) is 70.6 cm³/mol. The molecule has 0 amide bonds. The van der Waals surface area contributed by atoms with Gasteiger partial charge in [0.05, 0.1) is 11.7 Å². The SMILES string of the molecule is C/C=C/CCC1=N[C@@H]2[C@@H](O)[C@H](O)[C@@H](CO)O[C@@H]2S1. The zero-order chi connectivity index (χ0) is 13.1. The number of aliphatic imine (C=N–C) groups is 1. The summed E-state index contributed by atoms with van der Waals surface area (Å²) in [4.78, 5) is 4.41. The van der Waals surface area contributed by atoms with E-state index in [1.165, 1.54) is 11.8 Å². The number of allylic oxidation sites excluding steroid dienone is 2. The maximum Gasteiger partial charge on any atom is 0.134 e. The number of hydrogen-bond acceptors (Lipinski definition) is 6. The van der Waals surface area contributed by atoms with Crippen molar-refractivity contribution >= 4 is 16.8 Å². The summed E-state index contributed by atoms with van der Waals surface area (Å²) in [6, 6.07) is -0.423. The number of nitrogens with zero attached hydrogens (tertiary/aromatic N) is 1. The minimum atomic E-state index is -1.07. The fourth-order valence-electron chi connectivity index (χ4n) is 2.13. The lowest BCUT2D eigenvalue weighted by Crippen LogP contribution is -2.55. The van der Waals surface area contributed by atoms with Gasteiger partial charge in [0, 0.05) is 0 Å². The van der Waals surface area contributed by atoms with Gasteiger partial charge >= 0.3 is 0 Å². The standard InChI is InChI=1S/C12H19NO4S/c1-2-3-4-5-8-13-9-11(16)10(15)7(6-14)17-12(9)18-8/h2-3,7,9-12,14-16H,4-6H2,1H3/b3-2+/t7-,9-,10-,11-,12-/m1/s1. The Morgan fingerprint density at radius 3 is 2.83 bits per heavy atom. The number of ether oxygens (including phenoxy) is 1. The zero-order valence-corrected chi connectivity index (χ0v) is 11.1. The quantitative estimate of drug-likeness (QED) is 0.642. The maximum absolute atomic E-state index is 9.96. The van der Waals surface area contributed by atoms with Crippen LogP contribution in [0.1, 0.15) is 19.8 Å². The van der Waals surface area contributed by atoms with E-state index in [0.29, 0.717) is 0 Å². The van der Waals surface area contributed by atoms with Crippen molar-refractivity contribution in [3.63, 3.8) is 0 Å². The Balaban J connectivity index is 1.99. The largest absolute Gasteiger partial charge is 0.394 e. The zero-order valence-electron chi connectivity index (χ0n) is 10.3. The van der Waals surface area contributed by atoms with Crippen molar-refractivity contribution in [2.75, 3.05) is 6.61 Å². The first kappa shape index (κ1) is 14.0. The lowest BCUT2D eigenvalue weighted by molar-refractivity contribution is -0.164. The van der Waals surface area contributed by atoms with Crippen molar-refractivity contribution in [3.05, 3.63) is 12.2 Å². The van der Waals surface area contributed by atoms with Crippen LogP contribution in [0.3, 0.4) is 0 Å². The molecule has 1 saturated heterocycles. The molecule has 2 rings (SSSR count). The van der Waals surface area contributed by atoms with E-state index in [-0.39, 0.29) is 12.0 Å². The van der Waals surface area contributed by atoms with E-state index in [2.05, 4.69) is 11.1 Å². The monoisotopic (exact) mass is 273 g/mol. The molecule has 2 heterocycles. The molecule has 5 nitrogen and oxygen atoms in total. The van der Waals surface area contributed by atoms with Crippen molar-refractivity contribution in [1.29, 1.82) is 0 Å². The van der Waals surface area contributed by atoms with Crippen LogP contribution in [0.25, 0.3) is 0 Å². The number of aliphatic hydroxyl groups excluding tert-OH is 3. The lowest BCUT2D eigenvalue weighted by Gasteiger charge is -2.37. The molecule has 2 aliphatic rings. The van der Waals surface area contributed by atoms with Crippen molar-refractivity contribution in [3.8, 4) is 0 Å². The van der Waals surface area contributed by atoms with Crippen molar-refractivity contribution in [1.82, 2.24) is 0 Å². The highest BCUT2D eigenvalue weighted by atomic mass is 32.2.